The predicted molar refractivity (Wildman–Crippen MR) is 130 cm³/mol. The molecule has 0 bridgehead atoms. The maximum Gasteiger partial charge on any atom is 0.318 e. The van der Waals surface area contributed by atoms with Crippen molar-refractivity contribution < 1.29 is 9.53 Å². The lowest BCUT2D eigenvalue weighted by Crippen LogP contribution is -2.39. The number of pyridine rings is 1. The van der Waals surface area contributed by atoms with Gasteiger partial charge in [0.1, 0.15) is 5.75 Å². The maximum atomic E-state index is 13.1. The molecule has 0 aliphatic rings. The molecule has 6 nitrogen and oxygen atoms in total. The van der Waals surface area contributed by atoms with Gasteiger partial charge < -0.3 is 19.9 Å². The van der Waals surface area contributed by atoms with Gasteiger partial charge in [-0.1, -0.05) is 54.1 Å². The minimum atomic E-state index is -0.261. The quantitative estimate of drug-likeness (QED) is 0.402. The van der Waals surface area contributed by atoms with E-state index < -0.39 is 0 Å². The van der Waals surface area contributed by atoms with Crippen molar-refractivity contribution in [2.75, 3.05) is 7.11 Å². The number of halogens is 1. The molecule has 0 unspecified atom stereocenters. The molecule has 1 aromatic heterocycles. The van der Waals surface area contributed by atoms with Crippen molar-refractivity contribution in [1.29, 1.82) is 0 Å². The zero-order valence-electron chi connectivity index (χ0n) is 18.2. The molecule has 3 aromatic carbocycles. The van der Waals surface area contributed by atoms with Gasteiger partial charge in [-0.3, -0.25) is 4.79 Å². The Labute approximate surface area is 196 Å². The summed E-state index contributed by atoms with van der Waals surface area (Å²) in [5.74, 6) is 0.663. The van der Waals surface area contributed by atoms with Gasteiger partial charge in [0.05, 0.1) is 19.2 Å². The molecular weight excluding hydrogens is 438 g/mol. The fourth-order valence-electron chi connectivity index (χ4n) is 3.57. The largest absolute Gasteiger partial charge is 0.497 e. The van der Waals surface area contributed by atoms with Crippen LogP contribution in [0.1, 0.15) is 16.7 Å². The summed E-state index contributed by atoms with van der Waals surface area (Å²) in [6.45, 7) is 0.878. The number of nitrogens with zero attached hydrogens (tertiary/aromatic N) is 1. The minimum Gasteiger partial charge on any atom is -0.497 e. The Morgan fingerprint density at radius 2 is 1.73 bits per heavy atom. The van der Waals surface area contributed by atoms with Gasteiger partial charge >= 0.3 is 6.03 Å². The maximum absolute atomic E-state index is 13.1. The number of rotatable bonds is 7. The molecule has 4 aromatic rings. The Kier molecular flexibility index (Phi) is 6.95. The number of benzene rings is 3. The number of methoxy groups -OCH3 is 1. The number of hydrogen-bond donors (Lipinski definition) is 2. The van der Waals surface area contributed by atoms with Gasteiger partial charge in [-0.15, -0.1) is 0 Å². The van der Waals surface area contributed by atoms with Crippen molar-refractivity contribution in [2.24, 2.45) is 0 Å². The van der Waals surface area contributed by atoms with E-state index in [4.69, 9.17) is 16.3 Å². The second kappa shape index (κ2) is 10.2. The van der Waals surface area contributed by atoms with Gasteiger partial charge in [-0.2, -0.15) is 0 Å². The van der Waals surface area contributed by atoms with Crippen LogP contribution in [0.25, 0.3) is 10.9 Å². The SMILES string of the molecule is COc1ccc2cc(CN(Cc3ccc(Cl)cc3)C(=O)NCc3ccccc3)c(=O)[nH]c2c1. The topological polar surface area (TPSA) is 74.4 Å². The number of carbonyl (C=O) groups excluding carboxylic acids is 1. The summed E-state index contributed by atoms with van der Waals surface area (Å²) in [5, 5.41) is 4.44. The van der Waals surface area contributed by atoms with Crippen LogP contribution < -0.4 is 15.6 Å². The third-order valence-corrected chi connectivity index (χ3v) is 5.60. The number of aromatic nitrogens is 1. The molecule has 168 valence electrons. The Balaban J connectivity index is 1.59. The summed E-state index contributed by atoms with van der Waals surface area (Å²) in [7, 11) is 1.58. The summed E-state index contributed by atoms with van der Waals surface area (Å²) >= 11 is 6.01. The first kappa shape index (κ1) is 22.4. The van der Waals surface area contributed by atoms with E-state index in [0.29, 0.717) is 34.9 Å². The van der Waals surface area contributed by atoms with Crippen molar-refractivity contribution >= 4 is 28.5 Å². The highest BCUT2D eigenvalue weighted by Crippen LogP contribution is 2.20. The van der Waals surface area contributed by atoms with Crippen LogP contribution in [0.3, 0.4) is 0 Å². The third kappa shape index (κ3) is 5.73. The van der Waals surface area contributed by atoms with E-state index in [2.05, 4.69) is 10.3 Å². The van der Waals surface area contributed by atoms with E-state index in [0.717, 1.165) is 16.5 Å². The van der Waals surface area contributed by atoms with Gasteiger partial charge in [-0.25, -0.2) is 4.79 Å². The molecule has 4 rings (SSSR count). The summed E-state index contributed by atoms with van der Waals surface area (Å²) in [5.41, 5.74) is 2.84. The van der Waals surface area contributed by atoms with Crippen LogP contribution in [-0.4, -0.2) is 23.0 Å². The lowest BCUT2D eigenvalue weighted by Gasteiger charge is -2.23. The number of urea groups is 1. The second-order valence-corrected chi connectivity index (χ2v) is 8.14. The van der Waals surface area contributed by atoms with Crippen LogP contribution in [0.5, 0.6) is 5.75 Å². The van der Waals surface area contributed by atoms with Crippen LogP contribution in [0.2, 0.25) is 5.02 Å². The standard InChI is InChI=1S/C26H24ClN3O3/c1-33-23-12-9-20-13-21(25(31)29-24(20)14-23)17-30(16-19-7-10-22(27)11-8-19)26(32)28-15-18-5-3-2-4-6-18/h2-14H,15-17H2,1H3,(H,28,32)(H,29,31). The number of nitrogens with one attached hydrogen (secondary N) is 2. The number of fused-ring (bicyclic) bond motifs is 1. The van der Waals surface area contributed by atoms with Gasteiger partial charge in [0.15, 0.2) is 0 Å². The summed E-state index contributed by atoms with van der Waals surface area (Å²) in [6.07, 6.45) is 0. The number of carbonyl (C=O) groups is 1. The van der Waals surface area contributed by atoms with E-state index in [1.807, 2.05) is 60.7 Å². The highest BCUT2D eigenvalue weighted by Gasteiger charge is 2.17. The van der Waals surface area contributed by atoms with Crippen molar-refractivity contribution in [1.82, 2.24) is 15.2 Å². The van der Waals surface area contributed by atoms with E-state index in [-0.39, 0.29) is 18.1 Å². The van der Waals surface area contributed by atoms with Crippen LogP contribution in [-0.2, 0) is 19.6 Å². The zero-order valence-corrected chi connectivity index (χ0v) is 18.9. The molecule has 2 N–H and O–H groups in total. The Morgan fingerprint density at radius 1 is 0.970 bits per heavy atom. The average Bonchev–Trinajstić information content (AvgIpc) is 2.84. The van der Waals surface area contributed by atoms with Crippen LogP contribution >= 0.6 is 11.6 Å². The van der Waals surface area contributed by atoms with Crippen LogP contribution in [0, 0.1) is 0 Å². The van der Waals surface area contributed by atoms with E-state index >= 15 is 0 Å². The smallest absolute Gasteiger partial charge is 0.318 e. The molecular formula is C26H24ClN3O3. The van der Waals surface area contributed by atoms with E-state index in [1.165, 1.54) is 0 Å². The Hall–Kier alpha value is -3.77. The van der Waals surface area contributed by atoms with Gasteiger partial charge in [0.25, 0.3) is 5.56 Å². The normalized spacial score (nSPS) is 10.7. The van der Waals surface area contributed by atoms with Crippen molar-refractivity contribution in [3.8, 4) is 5.75 Å². The van der Waals surface area contributed by atoms with Gasteiger partial charge in [0, 0.05) is 29.7 Å². The molecule has 0 radical (unpaired) electrons. The van der Waals surface area contributed by atoms with Crippen molar-refractivity contribution in [3.05, 3.63) is 111 Å². The van der Waals surface area contributed by atoms with E-state index in [9.17, 15) is 9.59 Å². The Bertz CT molecular complexity index is 1300. The number of ether oxygens (including phenoxy) is 1. The molecule has 1 heterocycles. The molecule has 33 heavy (non-hydrogen) atoms. The van der Waals surface area contributed by atoms with Gasteiger partial charge in [-0.05, 0) is 46.8 Å². The molecule has 0 saturated heterocycles. The molecule has 7 heteroatoms. The summed E-state index contributed by atoms with van der Waals surface area (Å²) in [4.78, 5) is 30.4. The molecule has 2 amide bonds. The van der Waals surface area contributed by atoms with Crippen LogP contribution in [0.4, 0.5) is 4.79 Å². The fourth-order valence-corrected chi connectivity index (χ4v) is 3.70. The molecule has 0 aliphatic heterocycles. The fraction of sp³-hybridized carbons (Fsp3) is 0.154. The lowest BCUT2D eigenvalue weighted by molar-refractivity contribution is 0.191. The molecule has 0 atom stereocenters. The third-order valence-electron chi connectivity index (χ3n) is 5.35. The number of amides is 2. The second-order valence-electron chi connectivity index (χ2n) is 7.70. The minimum absolute atomic E-state index is 0.153. The first-order valence-electron chi connectivity index (χ1n) is 10.5. The zero-order chi connectivity index (χ0) is 23.2. The Morgan fingerprint density at radius 3 is 2.45 bits per heavy atom. The number of hydrogen-bond acceptors (Lipinski definition) is 3. The highest BCUT2D eigenvalue weighted by molar-refractivity contribution is 6.30. The monoisotopic (exact) mass is 461 g/mol. The van der Waals surface area contributed by atoms with Crippen molar-refractivity contribution in [3.63, 3.8) is 0 Å². The summed E-state index contributed by atoms with van der Waals surface area (Å²) < 4.78 is 5.23. The molecule has 0 aliphatic carbocycles. The predicted octanol–water partition coefficient (Wildman–Crippen LogP) is 5.10. The lowest BCUT2D eigenvalue weighted by atomic mass is 10.1. The number of H-pyrrole nitrogens is 1. The number of aromatic amines is 1. The molecule has 0 fully saturated rings. The molecule has 0 spiro atoms. The first-order valence-corrected chi connectivity index (χ1v) is 10.9. The van der Waals surface area contributed by atoms with Crippen molar-refractivity contribution in [2.45, 2.75) is 19.6 Å². The molecule has 0 saturated carbocycles. The average molecular weight is 462 g/mol. The van der Waals surface area contributed by atoms with Crippen LogP contribution in [0.15, 0.2) is 83.7 Å². The first-order chi connectivity index (χ1) is 16.0. The highest BCUT2D eigenvalue weighted by atomic mass is 35.5. The van der Waals surface area contributed by atoms with E-state index in [1.54, 1.807) is 30.2 Å². The van der Waals surface area contributed by atoms with Gasteiger partial charge in [0.2, 0.25) is 0 Å². The summed E-state index contributed by atoms with van der Waals surface area (Å²) in [6, 6.07) is 24.0.